The Kier molecular flexibility index (Phi) is 3.59. The topological polar surface area (TPSA) is 69.8 Å². The molecule has 0 aliphatic rings. The second-order valence-electron chi connectivity index (χ2n) is 2.68. The fourth-order valence-corrected chi connectivity index (χ4v) is 0.866. The van der Waals surface area contributed by atoms with E-state index in [-0.39, 0.29) is 17.7 Å². The minimum Gasteiger partial charge on any atom is -0.424 e. The van der Waals surface area contributed by atoms with E-state index in [4.69, 9.17) is 27.2 Å². The fraction of sp³-hybridized carbons (Fsp3) is 0.222. The lowest BCUT2D eigenvalue weighted by Crippen LogP contribution is -2.13. The number of pyridine rings is 1. The number of hydrogen-bond donors (Lipinski definition) is 2. The molecular weight excluding hydrogens is 202 g/mol. The van der Waals surface area contributed by atoms with E-state index in [2.05, 4.69) is 4.98 Å². The summed E-state index contributed by atoms with van der Waals surface area (Å²) in [5, 5.41) is 14.6. The molecule has 0 radical (unpaired) electrons. The molecule has 0 atom stereocenters. The van der Waals surface area contributed by atoms with E-state index in [0.717, 1.165) is 5.69 Å². The highest BCUT2D eigenvalue weighted by Crippen LogP contribution is 2.02. The van der Waals surface area contributed by atoms with Crippen molar-refractivity contribution in [3.63, 3.8) is 0 Å². The largest absolute Gasteiger partial charge is 0.424 e. The maximum absolute atomic E-state index is 7.47. The first-order chi connectivity index (χ1) is 6.63. The van der Waals surface area contributed by atoms with Gasteiger partial charge in [-0.3, -0.25) is 15.8 Å². The number of nitrogens with one attached hydrogen (secondary N) is 2. The van der Waals surface area contributed by atoms with E-state index < -0.39 is 0 Å². The standard InChI is InChI=1S/C9H10ClN3O/c1-6-2-3-7(5-13-6)9(12)14-8(11)4-10/h2-3,5,11-12H,4H2,1H3. The lowest BCUT2D eigenvalue weighted by Gasteiger charge is -2.05. The first kappa shape index (κ1) is 10.7. The summed E-state index contributed by atoms with van der Waals surface area (Å²) < 4.78 is 4.82. The Morgan fingerprint density at radius 1 is 1.50 bits per heavy atom. The number of ether oxygens (including phenoxy) is 1. The molecule has 0 aliphatic heterocycles. The lowest BCUT2D eigenvalue weighted by molar-refractivity contribution is 0.533. The zero-order valence-electron chi connectivity index (χ0n) is 7.67. The van der Waals surface area contributed by atoms with Crippen LogP contribution in [-0.2, 0) is 4.74 Å². The summed E-state index contributed by atoms with van der Waals surface area (Å²) in [6.07, 6.45) is 1.53. The van der Waals surface area contributed by atoms with Crippen LogP contribution < -0.4 is 0 Å². The Morgan fingerprint density at radius 2 is 2.21 bits per heavy atom. The zero-order valence-corrected chi connectivity index (χ0v) is 8.43. The molecule has 5 heteroatoms. The number of aromatic nitrogens is 1. The van der Waals surface area contributed by atoms with Gasteiger partial charge in [0, 0.05) is 11.9 Å². The van der Waals surface area contributed by atoms with Gasteiger partial charge in [0.05, 0.1) is 11.4 Å². The Bertz CT molecular complexity index is 348. The van der Waals surface area contributed by atoms with Crippen LogP contribution in [0.1, 0.15) is 11.3 Å². The number of hydrogen-bond acceptors (Lipinski definition) is 4. The third-order valence-corrected chi connectivity index (χ3v) is 1.76. The number of rotatable bonds is 2. The minimum absolute atomic E-state index is 0.0400. The van der Waals surface area contributed by atoms with Gasteiger partial charge in [-0.15, -0.1) is 11.6 Å². The Balaban J connectivity index is 2.70. The molecule has 1 aromatic heterocycles. The molecule has 0 aromatic carbocycles. The summed E-state index contributed by atoms with van der Waals surface area (Å²) in [5.41, 5.74) is 1.40. The molecule has 0 amide bonds. The maximum atomic E-state index is 7.47. The summed E-state index contributed by atoms with van der Waals surface area (Å²) in [6.45, 7) is 1.86. The number of nitrogens with zero attached hydrogens (tertiary/aromatic N) is 1. The number of halogens is 1. The molecule has 0 unspecified atom stereocenters. The van der Waals surface area contributed by atoms with E-state index in [0.29, 0.717) is 5.56 Å². The van der Waals surface area contributed by atoms with Crippen LogP contribution in [0, 0.1) is 17.7 Å². The van der Waals surface area contributed by atoms with Crippen LogP contribution in [0.15, 0.2) is 18.3 Å². The van der Waals surface area contributed by atoms with E-state index in [1.165, 1.54) is 6.20 Å². The van der Waals surface area contributed by atoms with Crippen molar-refractivity contribution in [3.8, 4) is 0 Å². The third-order valence-electron chi connectivity index (χ3n) is 1.52. The van der Waals surface area contributed by atoms with Gasteiger partial charge < -0.3 is 4.74 Å². The van der Waals surface area contributed by atoms with Gasteiger partial charge in [0.2, 0.25) is 11.8 Å². The molecule has 1 heterocycles. The van der Waals surface area contributed by atoms with Crippen LogP contribution in [0.5, 0.6) is 0 Å². The van der Waals surface area contributed by atoms with E-state index >= 15 is 0 Å². The fourth-order valence-electron chi connectivity index (χ4n) is 0.812. The highest BCUT2D eigenvalue weighted by Gasteiger charge is 2.05. The van der Waals surface area contributed by atoms with Gasteiger partial charge in [0.1, 0.15) is 0 Å². The van der Waals surface area contributed by atoms with E-state index in [1.807, 2.05) is 6.92 Å². The average Bonchev–Trinajstić information content (AvgIpc) is 2.18. The van der Waals surface area contributed by atoms with Crippen molar-refractivity contribution >= 4 is 23.4 Å². The molecule has 1 aromatic rings. The second-order valence-corrected chi connectivity index (χ2v) is 2.94. The summed E-state index contributed by atoms with van der Waals surface area (Å²) in [7, 11) is 0. The smallest absolute Gasteiger partial charge is 0.222 e. The molecular formula is C9H10ClN3O. The number of alkyl halides is 1. The molecule has 0 saturated heterocycles. The highest BCUT2D eigenvalue weighted by atomic mass is 35.5. The van der Waals surface area contributed by atoms with Crippen LogP contribution in [0.2, 0.25) is 0 Å². The maximum Gasteiger partial charge on any atom is 0.222 e. The first-order valence-electron chi connectivity index (χ1n) is 3.96. The molecule has 0 saturated carbocycles. The van der Waals surface area contributed by atoms with Crippen LogP contribution in [0.4, 0.5) is 0 Å². The average molecular weight is 212 g/mol. The van der Waals surface area contributed by atoms with Crippen LogP contribution in [0.3, 0.4) is 0 Å². The van der Waals surface area contributed by atoms with Gasteiger partial charge in [-0.1, -0.05) is 0 Å². The minimum atomic E-state index is -0.141. The highest BCUT2D eigenvalue weighted by molar-refractivity contribution is 6.27. The quantitative estimate of drug-likeness (QED) is 0.446. The monoisotopic (exact) mass is 211 g/mol. The summed E-state index contributed by atoms with van der Waals surface area (Å²) in [5.74, 6) is -0.290. The molecule has 0 aliphatic carbocycles. The van der Waals surface area contributed by atoms with Crippen molar-refractivity contribution in [1.29, 1.82) is 10.8 Å². The normalized spacial score (nSPS) is 9.57. The molecule has 14 heavy (non-hydrogen) atoms. The summed E-state index contributed by atoms with van der Waals surface area (Å²) in [6, 6.07) is 3.49. The van der Waals surface area contributed by atoms with Crippen molar-refractivity contribution in [1.82, 2.24) is 4.98 Å². The third kappa shape index (κ3) is 2.81. The van der Waals surface area contributed by atoms with Gasteiger partial charge in [0.25, 0.3) is 0 Å². The second kappa shape index (κ2) is 4.72. The van der Waals surface area contributed by atoms with Crippen molar-refractivity contribution in [2.24, 2.45) is 0 Å². The van der Waals surface area contributed by atoms with Gasteiger partial charge in [0.15, 0.2) is 0 Å². The van der Waals surface area contributed by atoms with Crippen molar-refractivity contribution in [2.45, 2.75) is 6.92 Å². The van der Waals surface area contributed by atoms with E-state index in [9.17, 15) is 0 Å². The molecule has 0 fully saturated rings. The molecule has 1 rings (SSSR count). The van der Waals surface area contributed by atoms with Crippen LogP contribution in [0.25, 0.3) is 0 Å². The molecule has 74 valence electrons. The summed E-state index contributed by atoms with van der Waals surface area (Å²) >= 11 is 5.35. The predicted molar refractivity (Wildman–Crippen MR) is 55.3 cm³/mol. The Hall–Kier alpha value is -1.42. The molecule has 2 N–H and O–H groups in total. The predicted octanol–water partition coefficient (Wildman–Crippen LogP) is 1.95. The van der Waals surface area contributed by atoms with Crippen molar-refractivity contribution in [3.05, 3.63) is 29.6 Å². The lowest BCUT2D eigenvalue weighted by atomic mass is 10.2. The van der Waals surface area contributed by atoms with Gasteiger partial charge in [-0.2, -0.15) is 0 Å². The van der Waals surface area contributed by atoms with Crippen LogP contribution in [-0.4, -0.2) is 22.7 Å². The van der Waals surface area contributed by atoms with Gasteiger partial charge in [-0.25, -0.2) is 0 Å². The van der Waals surface area contributed by atoms with Crippen molar-refractivity contribution in [2.75, 3.05) is 5.88 Å². The zero-order chi connectivity index (χ0) is 10.6. The summed E-state index contributed by atoms with van der Waals surface area (Å²) in [4.78, 5) is 4.01. The number of aryl methyl sites for hydroxylation is 1. The SMILES string of the molecule is Cc1ccc(C(=N)OC(=N)CCl)cn1. The van der Waals surface area contributed by atoms with E-state index in [1.54, 1.807) is 12.1 Å². The Morgan fingerprint density at radius 3 is 2.71 bits per heavy atom. The molecule has 0 bridgehead atoms. The molecule has 0 spiro atoms. The Labute approximate surface area is 86.9 Å². The van der Waals surface area contributed by atoms with Crippen LogP contribution >= 0.6 is 11.6 Å². The van der Waals surface area contributed by atoms with Gasteiger partial charge in [-0.05, 0) is 19.1 Å². The van der Waals surface area contributed by atoms with Crippen molar-refractivity contribution < 1.29 is 4.74 Å². The first-order valence-corrected chi connectivity index (χ1v) is 4.49. The molecule has 4 nitrogen and oxygen atoms in total. The van der Waals surface area contributed by atoms with Gasteiger partial charge >= 0.3 is 0 Å².